The van der Waals surface area contributed by atoms with Crippen LogP contribution in [0, 0.1) is 0 Å². The van der Waals surface area contributed by atoms with Gasteiger partial charge in [0.1, 0.15) is 0 Å². The molecule has 2 aromatic rings. The Morgan fingerprint density at radius 1 is 0.909 bits per heavy atom. The van der Waals surface area contributed by atoms with Gasteiger partial charge in [0.15, 0.2) is 5.60 Å². The minimum atomic E-state index is -1.65. The number of benzene rings is 2. The van der Waals surface area contributed by atoms with Crippen molar-refractivity contribution in [2.24, 2.45) is 0 Å². The molecule has 0 unspecified atom stereocenters. The molecule has 0 aliphatic heterocycles. The van der Waals surface area contributed by atoms with Crippen LogP contribution in [0.5, 0.6) is 0 Å². The van der Waals surface area contributed by atoms with Crippen molar-refractivity contribution in [3.05, 3.63) is 71.8 Å². The number of amides is 1. The van der Waals surface area contributed by atoms with E-state index in [1.807, 2.05) is 36.4 Å². The molecule has 0 spiro atoms. The van der Waals surface area contributed by atoms with Crippen molar-refractivity contribution in [3.63, 3.8) is 0 Å². The highest BCUT2D eigenvalue weighted by molar-refractivity contribution is 5.90. The van der Waals surface area contributed by atoms with Crippen molar-refractivity contribution in [2.45, 2.75) is 37.3 Å². The second-order valence-corrected chi connectivity index (χ2v) is 5.90. The van der Waals surface area contributed by atoms with E-state index >= 15 is 0 Å². The SMILES string of the molecule is O=C(NC1CCCC1)C(O)(c1ccccc1)c1ccccc1. The Bertz CT molecular complexity index is 579. The van der Waals surface area contributed by atoms with E-state index in [4.69, 9.17) is 0 Å². The molecule has 0 bridgehead atoms. The first kappa shape index (κ1) is 14.8. The van der Waals surface area contributed by atoms with Crippen LogP contribution in [0.1, 0.15) is 36.8 Å². The molecule has 0 aromatic heterocycles. The Balaban J connectivity index is 1.97. The van der Waals surface area contributed by atoms with Gasteiger partial charge in [0.2, 0.25) is 0 Å². The molecule has 1 aliphatic carbocycles. The molecule has 3 rings (SSSR count). The topological polar surface area (TPSA) is 49.3 Å². The van der Waals surface area contributed by atoms with E-state index in [1.54, 1.807) is 24.3 Å². The first-order valence-corrected chi connectivity index (χ1v) is 7.85. The second-order valence-electron chi connectivity index (χ2n) is 5.90. The summed E-state index contributed by atoms with van der Waals surface area (Å²) in [5.41, 5.74) is -0.459. The molecule has 1 amide bonds. The predicted molar refractivity (Wildman–Crippen MR) is 86.3 cm³/mol. The fourth-order valence-corrected chi connectivity index (χ4v) is 3.15. The van der Waals surface area contributed by atoms with Gasteiger partial charge < -0.3 is 10.4 Å². The van der Waals surface area contributed by atoms with Crippen LogP contribution in [-0.2, 0) is 10.4 Å². The minimum Gasteiger partial charge on any atom is -0.372 e. The summed E-state index contributed by atoms with van der Waals surface area (Å²) in [7, 11) is 0. The normalized spacial score (nSPS) is 15.7. The fraction of sp³-hybridized carbons (Fsp3) is 0.316. The maximum absolute atomic E-state index is 12.9. The highest BCUT2D eigenvalue weighted by atomic mass is 16.3. The van der Waals surface area contributed by atoms with Gasteiger partial charge in [-0.3, -0.25) is 4.79 Å². The van der Waals surface area contributed by atoms with Gasteiger partial charge in [-0.15, -0.1) is 0 Å². The summed E-state index contributed by atoms with van der Waals surface area (Å²) in [5.74, 6) is -0.336. The molecule has 1 saturated carbocycles. The number of hydrogen-bond acceptors (Lipinski definition) is 2. The Hall–Kier alpha value is -2.13. The summed E-state index contributed by atoms with van der Waals surface area (Å²) in [6.07, 6.45) is 4.26. The maximum Gasteiger partial charge on any atom is 0.261 e. The van der Waals surface area contributed by atoms with Gasteiger partial charge in [-0.1, -0.05) is 73.5 Å². The lowest BCUT2D eigenvalue weighted by Crippen LogP contribution is -2.48. The molecule has 0 saturated heterocycles. The van der Waals surface area contributed by atoms with Crippen LogP contribution in [0.4, 0.5) is 0 Å². The Morgan fingerprint density at radius 3 is 1.82 bits per heavy atom. The zero-order valence-corrected chi connectivity index (χ0v) is 12.5. The van der Waals surface area contributed by atoms with Crippen LogP contribution < -0.4 is 5.32 Å². The summed E-state index contributed by atoms with van der Waals surface area (Å²) in [5, 5.41) is 14.3. The summed E-state index contributed by atoms with van der Waals surface area (Å²) in [6, 6.07) is 18.5. The molecular formula is C19H21NO2. The zero-order valence-electron chi connectivity index (χ0n) is 12.5. The van der Waals surface area contributed by atoms with E-state index in [9.17, 15) is 9.90 Å². The van der Waals surface area contributed by atoms with E-state index in [0.29, 0.717) is 11.1 Å². The average molecular weight is 295 g/mol. The van der Waals surface area contributed by atoms with E-state index in [-0.39, 0.29) is 11.9 Å². The minimum absolute atomic E-state index is 0.173. The number of rotatable bonds is 4. The van der Waals surface area contributed by atoms with Crippen molar-refractivity contribution >= 4 is 5.91 Å². The lowest BCUT2D eigenvalue weighted by molar-refractivity contribution is -0.137. The van der Waals surface area contributed by atoms with Crippen LogP contribution >= 0.6 is 0 Å². The summed E-state index contributed by atoms with van der Waals surface area (Å²) in [4.78, 5) is 12.9. The number of nitrogens with one attached hydrogen (secondary N) is 1. The molecule has 0 atom stereocenters. The van der Waals surface area contributed by atoms with Crippen LogP contribution in [0.15, 0.2) is 60.7 Å². The average Bonchev–Trinajstić information content (AvgIpc) is 3.08. The van der Waals surface area contributed by atoms with Crippen molar-refractivity contribution in [1.82, 2.24) is 5.32 Å². The second kappa shape index (κ2) is 6.32. The van der Waals surface area contributed by atoms with Gasteiger partial charge >= 0.3 is 0 Å². The molecule has 3 heteroatoms. The molecule has 2 aromatic carbocycles. The molecular weight excluding hydrogens is 274 g/mol. The van der Waals surface area contributed by atoms with Gasteiger partial charge in [-0.2, -0.15) is 0 Å². The van der Waals surface area contributed by atoms with Crippen LogP contribution in [0.25, 0.3) is 0 Å². The van der Waals surface area contributed by atoms with Crippen molar-refractivity contribution < 1.29 is 9.90 Å². The Morgan fingerprint density at radius 2 is 1.36 bits per heavy atom. The molecule has 22 heavy (non-hydrogen) atoms. The maximum atomic E-state index is 12.9. The smallest absolute Gasteiger partial charge is 0.261 e. The molecule has 2 N–H and O–H groups in total. The molecule has 114 valence electrons. The monoisotopic (exact) mass is 295 g/mol. The highest BCUT2D eigenvalue weighted by Gasteiger charge is 2.40. The van der Waals surface area contributed by atoms with Gasteiger partial charge in [-0.05, 0) is 24.0 Å². The van der Waals surface area contributed by atoms with E-state index in [0.717, 1.165) is 25.7 Å². The standard InChI is InChI=1S/C19H21NO2/c21-18(20-17-13-7-8-14-17)19(22,15-9-3-1-4-10-15)16-11-5-2-6-12-16/h1-6,9-12,17,22H,7-8,13-14H2,(H,20,21). The van der Waals surface area contributed by atoms with Gasteiger partial charge in [0.25, 0.3) is 5.91 Å². The third-order valence-electron chi connectivity index (χ3n) is 4.40. The molecule has 0 radical (unpaired) electrons. The summed E-state index contributed by atoms with van der Waals surface area (Å²) < 4.78 is 0. The van der Waals surface area contributed by atoms with Crippen LogP contribution in [0.3, 0.4) is 0 Å². The number of hydrogen-bond donors (Lipinski definition) is 2. The van der Waals surface area contributed by atoms with E-state index in [2.05, 4.69) is 5.32 Å². The first-order valence-electron chi connectivity index (χ1n) is 7.85. The van der Waals surface area contributed by atoms with E-state index < -0.39 is 5.60 Å². The molecule has 0 heterocycles. The van der Waals surface area contributed by atoms with Gasteiger partial charge in [0, 0.05) is 6.04 Å². The Labute approximate surface area is 131 Å². The van der Waals surface area contributed by atoms with Crippen LogP contribution in [-0.4, -0.2) is 17.1 Å². The van der Waals surface area contributed by atoms with Gasteiger partial charge in [0.05, 0.1) is 0 Å². The van der Waals surface area contributed by atoms with Gasteiger partial charge in [-0.25, -0.2) is 0 Å². The van der Waals surface area contributed by atoms with Crippen LogP contribution in [0.2, 0.25) is 0 Å². The highest BCUT2D eigenvalue weighted by Crippen LogP contribution is 2.30. The zero-order chi connectivity index (χ0) is 15.4. The largest absolute Gasteiger partial charge is 0.372 e. The number of aliphatic hydroxyl groups is 1. The lowest BCUT2D eigenvalue weighted by atomic mass is 9.85. The molecule has 1 aliphatic rings. The number of carbonyl (C=O) groups is 1. The third-order valence-corrected chi connectivity index (χ3v) is 4.40. The third kappa shape index (κ3) is 2.77. The lowest BCUT2D eigenvalue weighted by Gasteiger charge is -2.29. The Kier molecular flexibility index (Phi) is 4.25. The number of carbonyl (C=O) groups excluding carboxylic acids is 1. The van der Waals surface area contributed by atoms with Crippen molar-refractivity contribution in [2.75, 3.05) is 0 Å². The molecule has 1 fully saturated rings. The van der Waals surface area contributed by atoms with E-state index in [1.165, 1.54) is 0 Å². The quantitative estimate of drug-likeness (QED) is 0.911. The summed E-state index contributed by atoms with van der Waals surface area (Å²) in [6.45, 7) is 0. The molecule has 3 nitrogen and oxygen atoms in total. The fourth-order valence-electron chi connectivity index (χ4n) is 3.15. The predicted octanol–water partition coefficient (Wildman–Crippen LogP) is 2.98. The van der Waals surface area contributed by atoms with Crippen molar-refractivity contribution in [3.8, 4) is 0 Å². The first-order chi connectivity index (χ1) is 10.7. The van der Waals surface area contributed by atoms with Crippen molar-refractivity contribution in [1.29, 1.82) is 0 Å². The summed E-state index contributed by atoms with van der Waals surface area (Å²) >= 11 is 0.